The topological polar surface area (TPSA) is 106 Å². The van der Waals surface area contributed by atoms with E-state index in [9.17, 15) is 14.4 Å². The van der Waals surface area contributed by atoms with Gasteiger partial charge < -0.3 is 14.8 Å². The van der Waals surface area contributed by atoms with Gasteiger partial charge in [-0.25, -0.2) is 0 Å². The second-order valence-corrected chi connectivity index (χ2v) is 8.19. The molecule has 3 N–H and O–H groups in total. The Kier molecular flexibility index (Phi) is 10.9. The first-order chi connectivity index (χ1) is 15.4. The molecule has 0 atom stereocenters. The molecule has 0 aliphatic heterocycles. The Morgan fingerprint density at radius 1 is 1.03 bits per heavy atom. The van der Waals surface area contributed by atoms with Crippen LogP contribution in [0.2, 0.25) is 0 Å². The van der Waals surface area contributed by atoms with E-state index in [0.29, 0.717) is 24.3 Å². The van der Waals surface area contributed by atoms with Gasteiger partial charge in [0.2, 0.25) is 5.91 Å². The van der Waals surface area contributed by atoms with Crippen LogP contribution < -0.4 is 20.9 Å². The molecule has 8 nitrogen and oxygen atoms in total. The van der Waals surface area contributed by atoms with Crippen LogP contribution in [0, 0.1) is 3.57 Å². The number of aryl methyl sites for hydroxylation is 1. The maximum absolute atomic E-state index is 12.2. The number of halogens is 1. The summed E-state index contributed by atoms with van der Waals surface area (Å²) in [4.78, 5) is 35.9. The SMILES string of the molecule is COc1ccc(C(=O)NNC(=S)NC(=O)CCC(=O)OCCCc2ccccc2)cc1I. The Bertz CT molecular complexity index is 956. The molecule has 0 fully saturated rings. The Balaban J connectivity index is 1.60. The molecule has 2 aromatic rings. The maximum Gasteiger partial charge on any atom is 0.306 e. The van der Waals surface area contributed by atoms with E-state index in [0.717, 1.165) is 9.99 Å². The molecule has 0 spiro atoms. The van der Waals surface area contributed by atoms with Gasteiger partial charge in [-0.05, 0) is 71.4 Å². The molecule has 170 valence electrons. The monoisotopic (exact) mass is 569 g/mol. The van der Waals surface area contributed by atoms with Crippen LogP contribution in [0.25, 0.3) is 0 Å². The first kappa shape index (κ1) is 25.5. The lowest BCUT2D eigenvalue weighted by atomic mass is 10.1. The van der Waals surface area contributed by atoms with Gasteiger partial charge in [0.1, 0.15) is 5.75 Å². The zero-order valence-electron chi connectivity index (χ0n) is 17.5. The van der Waals surface area contributed by atoms with Crippen molar-refractivity contribution in [1.82, 2.24) is 16.2 Å². The van der Waals surface area contributed by atoms with Crippen LogP contribution in [0.1, 0.15) is 35.2 Å². The third-order valence-electron chi connectivity index (χ3n) is 4.23. The fourth-order valence-corrected chi connectivity index (χ4v) is 3.51. The van der Waals surface area contributed by atoms with E-state index in [-0.39, 0.29) is 18.0 Å². The van der Waals surface area contributed by atoms with Crippen LogP contribution in [-0.4, -0.2) is 36.6 Å². The number of esters is 1. The fourth-order valence-electron chi connectivity index (χ4n) is 2.61. The minimum Gasteiger partial charge on any atom is -0.496 e. The summed E-state index contributed by atoms with van der Waals surface area (Å²) in [5.41, 5.74) is 6.43. The molecule has 0 aliphatic rings. The quantitative estimate of drug-likeness (QED) is 0.140. The number of thiocarbonyl (C=S) groups is 1. The van der Waals surface area contributed by atoms with Crippen molar-refractivity contribution in [2.75, 3.05) is 13.7 Å². The maximum atomic E-state index is 12.2. The predicted octanol–water partition coefficient (Wildman–Crippen LogP) is 2.89. The number of hydrogen-bond acceptors (Lipinski definition) is 6. The highest BCUT2D eigenvalue weighted by Gasteiger charge is 2.12. The third-order valence-corrected chi connectivity index (χ3v) is 5.28. The molecule has 10 heteroatoms. The van der Waals surface area contributed by atoms with Crippen LogP contribution >= 0.6 is 34.8 Å². The fraction of sp³-hybridized carbons (Fsp3) is 0.273. The lowest BCUT2D eigenvalue weighted by Gasteiger charge is -2.11. The largest absolute Gasteiger partial charge is 0.496 e. The van der Waals surface area contributed by atoms with Crippen molar-refractivity contribution in [1.29, 1.82) is 0 Å². The van der Waals surface area contributed by atoms with Gasteiger partial charge in [-0.2, -0.15) is 0 Å². The molecule has 0 saturated carbocycles. The Morgan fingerprint density at radius 2 is 1.78 bits per heavy atom. The van der Waals surface area contributed by atoms with Crippen molar-refractivity contribution in [3.05, 3.63) is 63.2 Å². The molecule has 2 rings (SSSR count). The highest BCUT2D eigenvalue weighted by molar-refractivity contribution is 14.1. The summed E-state index contributed by atoms with van der Waals surface area (Å²) < 4.78 is 11.1. The minimum absolute atomic E-state index is 0.0591. The predicted molar refractivity (Wildman–Crippen MR) is 132 cm³/mol. The van der Waals surface area contributed by atoms with Crippen LogP contribution in [0.3, 0.4) is 0 Å². The van der Waals surface area contributed by atoms with Gasteiger partial charge in [-0.1, -0.05) is 30.3 Å². The highest BCUT2D eigenvalue weighted by atomic mass is 127. The lowest BCUT2D eigenvalue weighted by Crippen LogP contribution is -2.48. The Labute approximate surface area is 205 Å². The van der Waals surface area contributed by atoms with Gasteiger partial charge in [0.25, 0.3) is 5.91 Å². The number of nitrogens with one attached hydrogen (secondary N) is 3. The molecule has 0 saturated heterocycles. The second kappa shape index (κ2) is 13.6. The number of carbonyl (C=O) groups excluding carboxylic acids is 3. The molecule has 0 bridgehead atoms. The van der Waals surface area contributed by atoms with Gasteiger partial charge in [-0.3, -0.25) is 25.2 Å². The molecule has 32 heavy (non-hydrogen) atoms. The van der Waals surface area contributed by atoms with Crippen LogP contribution in [0.5, 0.6) is 5.75 Å². The van der Waals surface area contributed by atoms with Crippen molar-refractivity contribution in [3.8, 4) is 5.75 Å². The van der Waals surface area contributed by atoms with E-state index in [1.54, 1.807) is 25.3 Å². The molecule has 2 amide bonds. The van der Waals surface area contributed by atoms with E-state index >= 15 is 0 Å². The number of benzene rings is 2. The van der Waals surface area contributed by atoms with E-state index in [4.69, 9.17) is 21.7 Å². The average molecular weight is 569 g/mol. The van der Waals surface area contributed by atoms with E-state index in [2.05, 4.69) is 38.8 Å². The molecular formula is C22H24IN3O5S. The molecule has 0 unspecified atom stereocenters. The summed E-state index contributed by atoms with van der Waals surface area (Å²) in [6.45, 7) is 0.297. The van der Waals surface area contributed by atoms with Crippen LogP contribution in [0.15, 0.2) is 48.5 Å². The highest BCUT2D eigenvalue weighted by Crippen LogP contribution is 2.21. The molecular weight excluding hydrogens is 545 g/mol. The number of ether oxygens (including phenoxy) is 2. The lowest BCUT2D eigenvalue weighted by molar-refractivity contribution is -0.145. The van der Waals surface area contributed by atoms with Gasteiger partial charge in [0, 0.05) is 12.0 Å². The number of carbonyl (C=O) groups is 3. The summed E-state index contributed by atoms with van der Waals surface area (Å²) in [6, 6.07) is 14.8. The number of methoxy groups -OCH3 is 1. The molecule has 0 aliphatic carbocycles. The van der Waals surface area contributed by atoms with E-state index in [1.807, 2.05) is 30.3 Å². The van der Waals surface area contributed by atoms with Crippen molar-refractivity contribution in [3.63, 3.8) is 0 Å². The number of amides is 2. The molecule has 0 radical (unpaired) electrons. The van der Waals surface area contributed by atoms with E-state index in [1.165, 1.54) is 5.56 Å². The average Bonchev–Trinajstić information content (AvgIpc) is 2.79. The van der Waals surface area contributed by atoms with Crippen molar-refractivity contribution >= 4 is 57.7 Å². The standard InChI is InChI=1S/C22H24IN3O5S/c1-30-18-10-9-16(14-17(18)23)21(29)25-26-22(32)24-19(27)11-12-20(28)31-13-5-8-15-6-3-2-4-7-15/h2-4,6-7,9-10,14H,5,8,11-13H2,1H3,(H,25,29)(H2,24,26,27,32). The minimum atomic E-state index is -0.461. The van der Waals surface area contributed by atoms with Crippen LogP contribution in [0.4, 0.5) is 0 Å². The van der Waals surface area contributed by atoms with Gasteiger partial charge in [-0.15, -0.1) is 0 Å². The summed E-state index contributed by atoms with van der Waals surface area (Å²) in [6.07, 6.45) is 1.39. The zero-order valence-corrected chi connectivity index (χ0v) is 20.5. The molecule has 0 heterocycles. The Hall–Kier alpha value is -2.73. The zero-order chi connectivity index (χ0) is 23.3. The number of hydrogen-bond donors (Lipinski definition) is 3. The molecule has 2 aromatic carbocycles. The smallest absolute Gasteiger partial charge is 0.306 e. The van der Waals surface area contributed by atoms with Crippen LogP contribution in [-0.2, 0) is 20.7 Å². The summed E-state index contributed by atoms with van der Waals surface area (Å²) in [7, 11) is 1.55. The summed E-state index contributed by atoms with van der Waals surface area (Å²) >= 11 is 7.04. The van der Waals surface area contributed by atoms with Crippen molar-refractivity contribution in [2.24, 2.45) is 0 Å². The van der Waals surface area contributed by atoms with Gasteiger partial charge in [0.15, 0.2) is 5.11 Å². The number of hydrazine groups is 1. The summed E-state index contributed by atoms with van der Waals surface area (Å²) in [5, 5.41) is 2.32. The van der Waals surface area contributed by atoms with E-state index < -0.39 is 17.8 Å². The Morgan fingerprint density at radius 3 is 2.47 bits per heavy atom. The van der Waals surface area contributed by atoms with Crippen molar-refractivity contribution < 1.29 is 23.9 Å². The summed E-state index contributed by atoms with van der Waals surface area (Å²) in [5.74, 6) is -0.680. The third kappa shape index (κ3) is 9.18. The van der Waals surface area contributed by atoms with Gasteiger partial charge in [0.05, 0.1) is 23.7 Å². The number of rotatable bonds is 9. The normalized spacial score (nSPS) is 10.1. The van der Waals surface area contributed by atoms with Gasteiger partial charge >= 0.3 is 5.97 Å². The first-order valence-electron chi connectivity index (χ1n) is 9.82. The second-order valence-electron chi connectivity index (χ2n) is 6.62. The van der Waals surface area contributed by atoms with Crippen molar-refractivity contribution in [2.45, 2.75) is 25.7 Å². The molecule has 0 aromatic heterocycles. The first-order valence-corrected chi connectivity index (χ1v) is 11.3.